The Morgan fingerprint density at radius 3 is 2.95 bits per heavy atom. The van der Waals surface area contributed by atoms with E-state index in [0.717, 1.165) is 22.6 Å². The molecular weight excluding hydrogens is 272 g/mol. The smallest absolute Gasteiger partial charge is 0.304 e. The average molecular weight is 288 g/mol. The van der Waals surface area contributed by atoms with Crippen molar-refractivity contribution in [2.45, 2.75) is 19.5 Å². The van der Waals surface area contributed by atoms with Gasteiger partial charge in [0, 0.05) is 24.7 Å². The van der Waals surface area contributed by atoms with Crippen LogP contribution in [0.2, 0.25) is 0 Å². The van der Waals surface area contributed by atoms with Crippen LogP contribution in [0.3, 0.4) is 0 Å². The number of nitrogens with one attached hydrogen (secondary N) is 2. The van der Waals surface area contributed by atoms with Gasteiger partial charge in [0.2, 0.25) is 0 Å². The van der Waals surface area contributed by atoms with Crippen LogP contribution in [0.15, 0.2) is 34.4 Å². The van der Waals surface area contributed by atoms with Gasteiger partial charge < -0.3 is 14.9 Å². The molecule has 2 heterocycles. The van der Waals surface area contributed by atoms with Crippen LogP contribution in [0.1, 0.15) is 24.5 Å². The van der Waals surface area contributed by atoms with Crippen LogP contribution in [0, 0.1) is 0 Å². The number of aromatic nitrogens is 3. The molecule has 0 amide bonds. The van der Waals surface area contributed by atoms with Crippen molar-refractivity contribution in [2.24, 2.45) is 7.05 Å². The van der Waals surface area contributed by atoms with E-state index in [1.807, 2.05) is 30.6 Å². The molecule has 0 aliphatic rings. The van der Waals surface area contributed by atoms with Crippen molar-refractivity contribution in [1.29, 1.82) is 0 Å². The van der Waals surface area contributed by atoms with Crippen LogP contribution in [-0.2, 0) is 13.6 Å². The average Bonchev–Trinajstić information content (AvgIpc) is 3.01. The zero-order valence-electron chi connectivity index (χ0n) is 11.4. The first kappa shape index (κ1) is 13.1. The van der Waals surface area contributed by atoms with Crippen LogP contribution < -0.4 is 10.2 Å². The SMILES string of the molecule is CC(NCc1csc(=O)[nH]1)c1nc2ccccc2n1C. The molecule has 20 heavy (non-hydrogen) atoms. The molecule has 0 aliphatic heterocycles. The van der Waals surface area contributed by atoms with Gasteiger partial charge in [-0.25, -0.2) is 4.98 Å². The summed E-state index contributed by atoms with van der Waals surface area (Å²) in [6, 6.07) is 8.20. The molecule has 1 aromatic carbocycles. The highest BCUT2D eigenvalue weighted by molar-refractivity contribution is 7.07. The molecule has 1 atom stereocenters. The highest BCUT2D eigenvalue weighted by Crippen LogP contribution is 2.19. The summed E-state index contributed by atoms with van der Waals surface area (Å²) in [6.07, 6.45) is 0. The normalized spacial score (nSPS) is 12.9. The molecule has 2 N–H and O–H groups in total. The third-order valence-electron chi connectivity index (χ3n) is 3.38. The molecule has 0 fully saturated rings. The molecule has 0 aliphatic carbocycles. The lowest BCUT2D eigenvalue weighted by Crippen LogP contribution is -2.21. The summed E-state index contributed by atoms with van der Waals surface area (Å²) in [5.74, 6) is 0.990. The van der Waals surface area contributed by atoms with Gasteiger partial charge in [-0.1, -0.05) is 23.5 Å². The summed E-state index contributed by atoms with van der Waals surface area (Å²) in [5, 5.41) is 5.23. The van der Waals surface area contributed by atoms with Gasteiger partial charge in [0.25, 0.3) is 0 Å². The number of para-hydroxylation sites is 2. The minimum absolute atomic E-state index is 0.0165. The molecule has 0 saturated carbocycles. The van der Waals surface area contributed by atoms with Crippen molar-refractivity contribution in [3.05, 3.63) is 50.8 Å². The summed E-state index contributed by atoms with van der Waals surface area (Å²) in [4.78, 5) is 18.5. The Labute approximate surface area is 120 Å². The molecule has 3 aromatic rings. The molecule has 2 aromatic heterocycles. The van der Waals surface area contributed by atoms with Gasteiger partial charge in [0.15, 0.2) is 0 Å². The fourth-order valence-electron chi connectivity index (χ4n) is 2.31. The third-order valence-corrected chi connectivity index (χ3v) is 4.10. The minimum atomic E-state index is -0.0165. The van der Waals surface area contributed by atoms with Gasteiger partial charge in [0.1, 0.15) is 5.82 Å². The number of benzene rings is 1. The standard InChI is InChI=1S/C14H16N4OS/c1-9(15-7-10-8-20-14(19)16-10)13-17-11-5-3-4-6-12(11)18(13)2/h3-6,8-9,15H,7H2,1-2H3,(H,16,19). The Kier molecular flexibility index (Phi) is 3.42. The van der Waals surface area contributed by atoms with E-state index in [-0.39, 0.29) is 10.9 Å². The summed E-state index contributed by atoms with van der Waals surface area (Å²) in [5.41, 5.74) is 3.04. The van der Waals surface area contributed by atoms with E-state index in [4.69, 9.17) is 0 Å². The molecule has 0 bridgehead atoms. The first-order valence-corrected chi connectivity index (χ1v) is 7.34. The monoisotopic (exact) mass is 288 g/mol. The van der Waals surface area contributed by atoms with Gasteiger partial charge in [-0.15, -0.1) is 0 Å². The quantitative estimate of drug-likeness (QED) is 0.773. The summed E-state index contributed by atoms with van der Waals surface area (Å²) < 4.78 is 2.10. The molecule has 1 unspecified atom stereocenters. The molecular formula is C14H16N4OS. The minimum Gasteiger partial charge on any atom is -0.330 e. The lowest BCUT2D eigenvalue weighted by molar-refractivity contribution is 0.529. The van der Waals surface area contributed by atoms with Gasteiger partial charge in [-0.2, -0.15) is 0 Å². The molecule has 0 spiro atoms. The predicted octanol–water partition coefficient (Wildman–Crippen LogP) is 2.17. The van der Waals surface area contributed by atoms with E-state index in [2.05, 4.69) is 32.8 Å². The summed E-state index contributed by atoms with van der Waals surface area (Å²) in [6.45, 7) is 2.70. The summed E-state index contributed by atoms with van der Waals surface area (Å²) in [7, 11) is 2.02. The number of aromatic amines is 1. The largest absolute Gasteiger partial charge is 0.330 e. The maximum atomic E-state index is 11.1. The van der Waals surface area contributed by atoms with Gasteiger partial charge in [0.05, 0.1) is 17.1 Å². The van der Waals surface area contributed by atoms with Gasteiger partial charge in [-0.05, 0) is 19.1 Å². The number of fused-ring (bicyclic) bond motifs is 1. The molecule has 6 heteroatoms. The van der Waals surface area contributed by atoms with Crippen LogP contribution in [0.25, 0.3) is 11.0 Å². The predicted molar refractivity (Wildman–Crippen MR) is 80.9 cm³/mol. The zero-order chi connectivity index (χ0) is 14.1. The van der Waals surface area contributed by atoms with Crippen LogP contribution in [0.4, 0.5) is 0 Å². The highest BCUT2D eigenvalue weighted by Gasteiger charge is 2.13. The lowest BCUT2D eigenvalue weighted by atomic mass is 10.3. The molecule has 104 valence electrons. The number of imidazole rings is 1. The van der Waals surface area contributed by atoms with Crippen LogP contribution >= 0.6 is 11.3 Å². The molecule has 0 saturated heterocycles. The third kappa shape index (κ3) is 2.39. The number of thiazole rings is 1. The number of hydrogen-bond donors (Lipinski definition) is 2. The Hall–Kier alpha value is -1.92. The second-order valence-corrected chi connectivity index (χ2v) is 5.64. The molecule has 3 rings (SSSR count). The molecule has 5 nitrogen and oxygen atoms in total. The Bertz CT molecular complexity index is 786. The number of aryl methyl sites for hydroxylation is 1. The van der Waals surface area contributed by atoms with Gasteiger partial charge in [-0.3, -0.25) is 4.79 Å². The van der Waals surface area contributed by atoms with Crippen molar-refractivity contribution in [1.82, 2.24) is 19.9 Å². The number of nitrogens with zero attached hydrogens (tertiary/aromatic N) is 2. The fraction of sp³-hybridized carbons (Fsp3) is 0.286. The van der Waals surface area contributed by atoms with Crippen molar-refractivity contribution < 1.29 is 0 Å². The second-order valence-electron chi connectivity index (χ2n) is 4.79. The Balaban J connectivity index is 1.80. The van der Waals surface area contributed by atoms with Crippen LogP contribution in [0.5, 0.6) is 0 Å². The number of H-pyrrole nitrogens is 1. The number of rotatable bonds is 4. The van der Waals surface area contributed by atoms with Crippen molar-refractivity contribution >= 4 is 22.4 Å². The van der Waals surface area contributed by atoms with E-state index in [1.165, 1.54) is 11.3 Å². The fourth-order valence-corrected chi connectivity index (χ4v) is 2.89. The van der Waals surface area contributed by atoms with E-state index < -0.39 is 0 Å². The van der Waals surface area contributed by atoms with Crippen molar-refractivity contribution in [3.63, 3.8) is 0 Å². The Morgan fingerprint density at radius 1 is 1.45 bits per heavy atom. The van der Waals surface area contributed by atoms with Crippen LogP contribution in [-0.4, -0.2) is 14.5 Å². The zero-order valence-corrected chi connectivity index (χ0v) is 12.2. The van der Waals surface area contributed by atoms with E-state index in [0.29, 0.717) is 6.54 Å². The van der Waals surface area contributed by atoms with Crippen molar-refractivity contribution in [2.75, 3.05) is 0 Å². The van der Waals surface area contributed by atoms with Crippen molar-refractivity contribution in [3.8, 4) is 0 Å². The van der Waals surface area contributed by atoms with Gasteiger partial charge >= 0.3 is 4.87 Å². The lowest BCUT2D eigenvalue weighted by Gasteiger charge is -2.13. The highest BCUT2D eigenvalue weighted by atomic mass is 32.1. The van der Waals surface area contributed by atoms with E-state index >= 15 is 0 Å². The topological polar surface area (TPSA) is 62.7 Å². The first-order chi connectivity index (χ1) is 9.65. The van der Waals surface area contributed by atoms with E-state index in [9.17, 15) is 4.79 Å². The number of hydrogen-bond acceptors (Lipinski definition) is 4. The molecule has 0 radical (unpaired) electrons. The van der Waals surface area contributed by atoms with E-state index in [1.54, 1.807) is 0 Å². The maximum Gasteiger partial charge on any atom is 0.304 e. The second kappa shape index (κ2) is 5.22. The maximum absolute atomic E-state index is 11.1. The first-order valence-electron chi connectivity index (χ1n) is 6.46. The summed E-state index contributed by atoms with van der Waals surface area (Å²) >= 11 is 1.19. The Morgan fingerprint density at radius 2 is 2.25 bits per heavy atom.